The zero-order valence-corrected chi connectivity index (χ0v) is 12.2. The van der Waals surface area contributed by atoms with Crippen molar-refractivity contribution in [2.75, 3.05) is 6.26 Å². The Balaban J connectivity index is 2.12. The maximum atomic E-state index is 11.4. The summed E-state index contributed by atoms with van der Waals surface area (Å²) in [4.78, 5) is 0.282. The van der Waals surface area contributed by atoms with E-state index in [2.05, 4.69) is 31.2 Å². The van der Waals surface area contributed by atoms with Crippen LogP contribution in [-0.2, 0) is 9.84 Å². The molecular weight excluding hydrogens is 332 g/mol. The van der Waals surface area contributed by atoms with Gasteiger partial charge < -0.3 is 0 Å². The number of fused-ring (bicyclic) bond motifs is 1. The Morgan fingerprint density at radius 1 is 1.21 bits per heavy atom. The van der Waals surface area contributed by atoms with Gasteiger partial charge in [0, 0.05) is 18.0 Å². The summed E-state index contributed by atoms with van der Waals surface area (Å²) in [7, 11) is -3.18. The van der Waals surface area contributed by atoms with Gasteiger partial charge in [-0.1, -0.05) is 0 Å². The van der Waals surface area contributed by atoms with Crippen molar-refractivity contribution in [2.24, 2.45) is 0 Å². The fourth-order valence-corrected chi connectivity index (χ4v) is 2.77. The third-order valence-corrected chi connectivity index (χ3v) is 4.45. The summed E-state index contributed by atoms with van der Waals surface area (Å²) in [5, 5.41) is 11.1. The van der Waals surface area contributed by atoms with Crippen LogP contribution in [0.25, 0.3) is 17.0 Å². The number of hydrogen-bond acceptors (Lipinski definition) is 4. The van der Waals surface area contributed by atoms with Crippen molar-refractivity contribution in [3.63, 3.8) is 0 Å². The number of halogens is 1. The van der Waals surface area contributed by atoms with E-state index in [0.29, 0.717) is 11.5 Å². The normalized spacial score (nSPS) is 12.1. The van der Waals surface area contributed by atoms with E-state index in [4.69, 9.17) is 0 Å². The summed E-state index contributed by atoms with van der Waals surface area (Å²) in [6.45, 7) is 0. The van der Waals surface area contributed by atoms with Gasteiger partial charge in [-0.15, -0.1) is 10.2 Å². The van der Waals surface area contributed by atoms with Crippen LogP contribution >= 0.6 is 15.9 Å². The lowest BCUT2D eigenvalue weighted by atomic mass is 10.2. The maximum Gasteiger partial charge on any atom is 0.191 e. The van der Waals surface area contributed by atoms with Gasteiger partial charge in [-0.25, -0.2) is 12.9 Å². The lowest BCUT2D eigenvalue weighted by molar-refractivity contribution is 0.602. The van der Waals surface area contributed by atoms with Gasteiger partial charge in [-0.05, 0) is 40.2 Å². The first kappa shape index (κ1) is 12.4. The Morgan fingerprint density at radius 3 is 2.53 bits per heavy atom. The van der Waals surface area contributed by atoms with Crippen LogP contribution in [0.15, 0.2) is 39.8 Å². The van der Waals surface area contributed by atoms with Gasteiger partial charge in [0.25, 0.3) is 0 Å². The average Bonchev–Trinajstić information content (AvgIpc) is 2.92. The van der Waals surface area contributed by atoms with Crippen LogP contribution in [0.2, 0.25) is 0 Å². The van der Waals surface area contributed by atoms with E-state index in [9.17, 15) is 8.42 Å². The summed E-state index contributed by atoms with van der Waals surface area (Å²) in [6.07, 6.45) is 2.94. The van der Waals surface area contributed by atoms with Crippen LogP contribution in [0.1, 0.15) is 0 Å². The third kappa shape index (κ3) is 2.06. The number of benzene rings is 1. The number of rotatable bonds is 2. The fraction of sp³-hybridized carbons (Fsp3) is 0.0909. The molecule has 1 aromatic carbocycles. The number of aromatic nitrogens is 4. The summed E-state index contributed by atoms with van der Waals surface area (Å²) in [6, 6.07) is 6.54. The Labute approximate surface area is 117 Å². The molecule has 2 heterocycles. The standard InChI is InChI=1S/C11H9BrN4O2S/c1-19(17,18)8-4-2-7(3-5-8)10-14-15-11-9(12)6-13-16(10)11/h2-6,13H,1H3. The van der Waals surface area contributed by atoms with Crippen molar-refractivity contribution in [2.45, 2.75) is 4.90 Å². The molecule has 0 amide bonds. The molecule has 0 atom stereocenters. The van der Waals surface area contributed by atoms with E-state index >= 15 is 0 Å². The number of hydrogen-bond donors (Lipinski definition) is 1. The summed E-state index contributed by atoms with van der Waals surface area (Å²) in [5.74, 6) is 0.626. The van der Waals surface area contributed by atoms with E-state index in [1.807, 2.05) is 0 Å². The molecule has 19 heavy (non-hydrogen) atoms. The van der Waals surface area contributed by atoms with E-state index in [0.717, 1.165) is 10.0 Å². The van der Waals surface area contributed by atoms with Crippen molar-refractivity contribution in [1.82, 2.24) is 19.8 Å². The largest absolute Gasteiger partial charge is 0.297 e. The minimum atomic E-state index is -3.18. The number of aromatic amines is 1. The average molecular weight is 341 g/mol. The zero-order valence-electron chi connectivity index (χ0n) is 9.83. The molecule has 0 unspecified atom stereocenters. The predicted molar refractivity (Wildman–Crippen MR) is 73.6 cm³/mol. The predicted octanol–water partition coefficient (Wildman–Crippen LogP) is 1.89. The van der Waals surface area contributed by atoms with Gasteiger partial charge in [-0.2, -0.15) is 0 Å². The van der Waals surface area contributed by atoms with Crippen molar-refractivity contribution in [3.8, 4) is 11.4 Å². The lowest BCUT2D eigenvalue weighted by Crippen LogP contribution is -1.97. The van der Waals surface area contributed by atoms with Crippen molar-refractivity contribution < 1.29 is 8.42 Å². The molecule has 8 heteroatoms. The van der Waals surface area contributed by atoms with Crippen LogP contribution in [0.5, 0.6) is 0 Å². The first-order valence-corrected chi connectivity index (χ1v) is 8.04. The molecule has 0 spiro atoms. The zero-order chi connectivity index (χ0) is 13.6. The maximum absolute atomic E-state index is 11.4. The van der Waals surface area contributed by atoms with Gasteiger partial charge in [0.15, 0.2) is 21.3 Å². The number of H-pyrrole nitrogens is 1. The summed E-state index contributed by atoms with van der Waals surface area (Å²) < 4.78 is 25.3. The number of nitrogens with one attached hydrogen (secondary N) is 1. The van der Waals surface area contributed by atoms with E-state index in [1.165, 1.54) is 6.26 Å². The van der Waals surface area contributed by atoms with Crippen molar-refractivity contribution in [1.29, 1.82) is 0 Å². The third-order valence-electron chi connectivity index (χ3n) is 2.74. The molecule has 0 aliphatic rings. The summed E-state index contributed by atoms with van der Waals surface area (Å²) >= 11 is 3.36. The number of sulfone groups is 1. The van der Waals surface area contributed by atoms with Gasteiger partial charge in [0.2, 0.25) is 0 Å². The van der Waals surface area contributed by atoms with Gasteiger partial charge in [-0.3, -0.25) is 5.10 Å². The molecule has 0 radical (unpaired) electrons. The van der Waals surface area contributed by atoms with Crippen LogP contribution in [0.4, 0.5) is 0 Å². The SMILES string of the molecule is CS(=O)(=O)c1ccc(-c2nnc3c(Br)c[nH]n23)cc1. The molecule has 0 bridgehead atoms. The second kappa shape index (κ2) is 4.17. The van der Waals surface area contributed by atoms with Crippen LogP contribution in [0, 0.1) is 0 Å². The summed E-state index contributed by atoms with van der Waals surface area (Å²) in [5.41, 5.74) is 1.47. The molecule has 0 saturated carbocycles. The first-order valence-electron chi connectivity index (χ1n) is 5.35. The van der Waals surface area contributed by atoms with E-state index < -0.39 is 9.84 Å². The minimum Gasteiger partial charge on any atom is -0.297 e. The Hall–Kier alpha value is -1.67. The van der Waals surface area contributed by atoms with Crippen LogP contribution in [0.3, 0.4) is 0 Å². The van der Waals surface area contributed by atoms with Crippen LogP contribution < -0.4 is 0 Å². The highest BCUT2D eigenvalue weighted by Gasteiger charge is 2.13. The highest BCUT2D eigenvalue weighted by molar-refractivity contribution is 9.10. The lowest BCUT2D eigenvalue weighted by Gasteiger charge is -2.00. The molecule has 0 aliphatic heterocycles. The molecule has 3 aromatic rings. The molecule has 6 nitrogen and oxygen atoms in total. The second-order valence-corrected chi connectivity index (χ2v) is 6.97. The molecule has 1 N–H and O–H groups in total. The quantitative estimate of drug-likeness (QED) is 0.772. The topological polar surface area (TPSA) is 80.1 Å². The molecule has 98 valence electrons. The van der Waals surface area contributed by atoms with Crippen molar-refractivity contribution in [3.05, 3.63) is 34.9 Å². The van der Waals surface area contributed by atoms with E-state index in [1.54, 1.807) is 35.0 Å². The Bertz CT molecular complexity index is 849. The van der Waals surface area contributed by atoms with Gasteiger partial charge >= 0.3 is 0 Å². The van der Waals surface area contributed by atoms with Gasteiger partial charge in [0.1, 0.15) is 0 Å². The fourth-order valence-electron chi connectivity index (χ4n) is 1.79. The highest BCUT2D eigenvalue weighted by Crippen LogP contribution is 2.23. The smallest absolute Gasteiger partial charge is 0.191 e. The first-order chi connectivity index (χ1) is 8.97. The number of nitrogens with zero attached hydrogens (tertiary/aromatic N) is 3. The molecule has 0 fully saturated rings. The highest BCUT2D eigenvalue weighted by atomic mass is 79.9. The monoisotopic (exact) mass is 340 g/mol. The molecule has 0 aliphatic carbocycles. The minimum absolute atomic E-state index is 0.282. The second-order valence-electron chi connectivity index (χ2n) is 4.10. The van der Waals surface area contributed by atoms with Crippen molar-refractivity contribution >= 4 is 31.4 Å². The van der Waals surface area contributed by atoms with Crippen LogP contribution in [-0.4, -0.2) is 34.5 Å². The molecule has 3 rings (SSSR count). The Morgan fingerprint density at radius 2 is 1.89 bits per heavy atom. The molecule has 0 saturated heterocycles. The van der Waals surface area contributed by atoms with Gasteiger partial charge in [0.05, 0.1) is 9.37 Å². The molecule has 2 aromatic heterocycles. The molecular formula is C11H9BrN4O2S. The Kier molecular flexibility index (Phi) is 2.72. The van der Waals surface area contributed by atoms with E-state index in [-0.39, 0.29) is 4.90 Å².